The molecule has 0 aliphatic rings. The van der Waals surface area contributed by atoms with Crippen LogP contribution in [0.1, 0.15) is 29.8 Å². The lowest BCUT2D eigenvalue weighted by molar-refractivity contribution is 0.104. The van der Waals surface area contributed by atoms with Gasteiger partial charge in [0, 0.05) is 10.0 Å². The Labute approximate surface area is 133 Å². The number of carbonyl (C=O) groups is 1. The van der Waals surface area contributed by atoms with E-state index in [-0.39, 0.29) is 11.9 Å². The molecule has 0 unspecified atom stereocenters. The molecular weight excluding hydrogens is 328 g/mol. The molecule has 0 heterocycles. The number of rotatable bonds is 5. The zero-order valence-electron chi connectivity index (χ0n) is 12.0. The lowest BCUT2D eigenvalue weighted by Crippen LogP contribution is -2.05. The van der Waals surface area contributed by atoms with Crippen molar-refractivity contribution < 1.29 is 9.53 Å². The summed E-state index contributed by atoms with van der Waals surface area (Å²) in [7, 11) is 0. The van der Waals surface area contributed by atoms with Crippen LogP contribution in [0.25, 0.3) is 6.08 Å². The van der Waals surface area contributed by atoms with Crippen LogP contribution in [0.2, 0.25) is 0 Å². The number of ether oxygens (including phenoxy) is 1. The van der Waals surface area contributed by atoms with Gasteiger partial charge in [-0.25, -0.2) is 0 Å². The first-order valence-electron chi connectivity index (χ1n) is 6.79. The van der Waals surface area contributed by atoms with E-state index >= 15 is 0 Å². The average Bonchev–Trinajstić information content (AvgIpc) is 2.46. The predicted octanol–water partition coefficient (Wildman–Crippen LogP) is 5.13. The molecule has 0 saturated carbocycles. The van der Waals surface area contributed by atoms with Gasteiger partial charge in [0.05, 0.1) is 6.10 Å². The van der Waals surface area contributed by atoms with E-state index in [4.69, 9.17) is 4.74 Å². The Morgan fingerprint density at radius 3 is 2.24 bits per heavy atom. The average molecular weight is 345 g/mol. The molecule has 21 heavy (non-hydrogen) atoms. The van der Waals surface area contributed by atoms with E-state index in [1.54, 1.807) is 18.2 Å². The zero-order chi connectivity index (χ0) is 15.2. The maximum Gasteiger partial charge on any atom is 0.185 e. The third-order valence-corrected chi connectivity index (χ3v) is 3.34. The molecule has 2 aromatic carbocycles. The van der Waals surface area contributed by atoms with Gasteiger partial charge in [-0.15, -0.1) is 0 Å². The minimum absolute atomic E-state index is 0.00925. The fraction of sp³-hybridized carbons (Fsp3) is 0.167. The summed E-state index contributed by atoms with van der Waals surface area (Å²) in [4.78, 5) is 12.0. The monoisotopic (exact) mass is 344 g/mol. The Morgan fingerprint density at radius 2 is 1.67 bits per heavy atom. The van der Waals surface area contributed by atoms with Crippen molar-refractivity contribution in [2.75, 3.05) is 0 Å². The molecule has 2 aromatic rings. The Hall–Kier alpha value is -1.87. The van der Waals surface area contributed by atoms with Crippen molar-refractivity contribution in [1.29, 1.82) is 0 Å². The first kappa shape index (κ1) is 15.5. The highest BCUT2D eigenvalue weighted by atomic mass is 79.9. The van der Waals surface area contributed by atoms with Crippen molar-refractivity contribution in [3.05, 3.63) is 70.2 Å². The van der Waals surface area contributed by atoms with Gasteiger partial charge in [0.1, 0.15) is 5.75 Å². The largest absolute Gasteiger partial charge is 0.491 e. The number of ketones is 1. The summed E-state index contributed by atoms with van der Waals surface area (Å²) in [6, 6.07) is 15.0. The molecule has 0 spiro atoms. The topological polar surface area (TPSA) is 26.3 Å². The van der Waals surface area contributed by atoms with Crippen LogP contribution in [0.15, 0.2) is 59.1 Å². The highest BCUT2D eigenvalue weighted by molar-refractivity contribution is 9.10. The van der Waals surface area contributed by atoms with Crippen LogP contribution >= 0.6 is 15.9 Å². The smallest absolute Gasteiger partial charge is 0.185 e. The summed E-state index contributed by atoms with van der Waals surface area (Å²) >= 11 is 3.35. The fourth-order valence-corrected chi connectivity index (χ4v) is 2.08. The van der Waals surface area contributed by atoms with Crippen molar-refractivity contribution in [3.8, 4) is 5.75 Å². The van der Waals surface area contributed by atoms with Gasteiger partial charge in [-0.1, -0.05) is 34.1 Å². The second kappa shape index (κ2) is 7.23. The van der Waals surface area contributed by atoms with Crippen LogP contribution in [0.4, 0.5) is 0 Å². The Kier molecular flexibility index (Phi) is 5.34. The molecule has 0 N–H and O–H groups in total. The van der Waals surface area contributed by atoms with Gasteiger partial charge >= 0.3 is 0 Å². The van der Waals surface area contributed by atoms with Crippen LogP contribution in [0, 0.1) is 0 Å². The lowest BCUT2D eigenvalue weighted by Gasteiger charge is -2.09. The number of halogens is 1. The zero-order valence-corrected chi connectivity index (χ0v) is 13.6. The first-order valence-corrected chi connectivity index (χ1v) is 7.58. The summed E-state index contributed by atoms with van der Waals surface area (Å²) in [5.74, 6) is 0.825. The van der Waals surface area contributed by atoms with Gasteiger partial charge in [-0.3, -0.25) is 4.79 Å². The van der Waals surface area contributed by atoms with Gasteiger partial charge in [0.25, 0.3) is 0 Å². The number of carbonyl (C=O) groups excluding carboxylic acids is 1. The van der Waals surface area contributed by atoms with E-state index in [2.05, 4.69) is 15.9 Å². The number of benzene rings is 2. The van der Waals surface area contributed by atoms with Gasteiger partial charge in [-0.05, 0) is 61.9 Å². The third-order valence-electron chi connectivity index (χ3n) is 2.81. The van der Waals surface area contributed by atoms with Crippen molar-refractivity contribution in [2.45, 2.75) is 20.0 Å². The van der Waals surface area contributed by atoms with E-state index in [0.717, 1.165) is 15.8 Å². The number of hydrogen-bond acceptors (Lipinski definition) is 2. The standard InChI is InChI=1S/C18H17BrO2/c1-13(2)21-17-10-3-14(4-11-17)5-12-18(20)15-6-8-16(19)9-7-15/h3-13H,1-2H3/b12-5+. The molecule has 2 rings (SSSR count). The fourth-order valence-electron chi connectivity index (χ4n) is 1.81. The Balaban J connectivity index is 2.03. The second-order valence-corrected chi connectivity index (χ2v) is 5.86. The van der Waals surface area contributed by atoms with Crippen molar-refractivity contribution >= 4 is 27.8 Å². The van der Waals surface area contributed by atoms with Crippen LogP contribution in [0.5, 0.6) is 5.75 Å². The summed E-state index contributed by atoms with van der Waals surface area (Å²) in [5, 5.41) is 0. The maximum atomic E-state index is 12.0. The molecule has 108 valence electrons. The Bertz CT molecular complexity index is 625. The van der Waals surface area contributed by atoms with E-state index in [1.165, 1.54) is 0 Å². The van der Waals surface area contributed by atoms with Crippen LogP contribution in [-0.4, -0.2) is 11.9 Å². The molecule has 0 aromatic heterocycles. The van der Waals surface area contributed by atoms with E-state index in [0.29, 0.717) is 5.56 Å². The van der Waals surface area contributed by atoms with Crippen LogP contribution < -0.4 is 4.74 Å². The van der Waals surface area contributed by atoms with Crippen LogP contribution in [0.3, 0.4) is 0 Å². The maximum absolute atomic E-state index is 12.0. The minimum atomic E-state index is -0.00925. The molecule has 0 radical (unpaired) electrons. The summed E-state index contributed by atoms with van der Waals surface area (Å²) in [6.45, 7) is 3.98. The van der Waals surface area contributed by atoms with Crippen molar-refractivity contribution in [3.63, 3.8) is 0 Å². The first-order chi connectivity index (χ1) is 10.0. The molecule has 0 saturated heterocycles. The van der Waals surface area contributed by atoms with E-state index in [9.17, 15) is 4.79 Å². The van der Waals surface area contributed by atoms with Crippen molar-refractivity contribution in [2.24, 2.45) is 0 Å². The van der Waals surface area contributed by atoms with Gasteiger partial charge in [0.2, 0.25) is 0 Å². The van der Waals surface area contributed by atoms with Gasteiger partial charge in [0.15, 0.2) is 5.78 Å². The van der Waals surface area contributed by atoms with Gasteiger partial charge in [-0.2, -0.15) is 0 Å². The molecule has 3 heteroatoms. The van der Waals surface area contributed by atoms with Gasteiger partial charge < -0.3 is 4.74 Å². The third kappa shape index (κ3) is 4.87. The molecule has 0 amide bonds. The van der Waals surface area contributed by atoms with E-state index in [1.807, 2.05) is 56.3 Å². The number of hydrogen-bond donors (Lipinski definition) is 0. The molecule has 0 aliphatic heterocycles. The molecule has 0 aliphatic carbocycles. The minimum Gasteiger partial charge on any atom is -0.491 e. The van der Waals surface area contributed by atoms with Crippen molar-refractivity contribution in [1.82, 2.24) is 0 Å². The quantitative estimate of drug-likeness (QED) is 0.555. The predicted molar refractivity (Wildman–Crippen MR) is 89.7 cm³/mol. The lowest BCUT2D eigenvalue weighted by atomic mass is 10.1. The highest BCUT2D eigenvalue weighted by Gasteiger charge is 2.01. The molecule has 0 bridgehead atoms. The van der Waals surface area contributed by atoms with E-state index < -0.39 is 0 Å². The molecule has 2 nitrogen and oxygen atoms in total. The Morgan fingerprint density at radius 1 is 1.05 bits per heavy atom. The second-order valence-electron chi connectivity index (χ2n) is 4.94. The number of allylic oxidation sites excluding steroid dienone is 1. The SMILES string of the molecule is CC(C)Oc1ccc(/C=C/C(=O)c2ccc(Br)cc2)cc1. The summed E-state index contributed by atoms with van der Waals surface area (Å²) in [6.07, 6.45) is 3.55. The summed E-state index contributed by atoms with van der Waals surface area (Å²) in [5.41, 5.74) is 1.64. The highest BCUT2D eigenvalue weighted by Crippen LogP contribution is 2.15. The normalized spacial score (nSPS) is 11.0. The molecular formula is C18H17BrO2. The molecule has 0 fully saturated rings. The summed E-state index contributed by atoms with van der Waals surface area (Å²) < 4.78 is 6.54. The van der Waals surface area contributed by atoms with Crippen LogP contribution in [-0.2, 0) is 0 Å². The molecule has 0 atom stereocenters.